The van der Waals surface area contributed by atoms with Crippen LogP contribution in [-0.2, 0) is 16.1 Å². The second kappa shape index (κ2) is 12.7. The fraction of sp³-hybridized carbons (Fsp3) is 0.156. The molecule has 42 heavy (non-hydrogen) atoms. The third kappa shape index (κ3) is 6.67. The van der Waals surface area contributed by atoms with Crippen LogP contribution in [-0.4, -0.2) is 29.9 Å². The number of hydrogen-bond donors (Lipinski definition) is 3. The first-order chi connectivity index (χ1) is 20.3. The summed E-state index contributed by atoms with van der Waals surface area (Å²) in [5.41, 5.74) is 3.26. The smallest absolute Gasteiger partial charge is 0.323 e. The number of anilines is 3. The highest BCUT2D eigenvalue weighted by atomic mass is 32.2. The molecule has 5 rings (SSSR count). The molecule has 3 N–H and O–H groups in total. The van der Waals surface area contributed by atoms with Crippen LogP contribution in [0.15, 0.2) is 111 Å². The maximum absolute atomic E-state index is 13.5. The molecule has 0 aliphatic carbocycles. The minimum absolute atomic E-state index is 0.0261. The van der Waals surface area contributed by atoms with E-state index in [0.717, 1.165) is 4.90 Å². The Bertz CT molecular complexity index is 1600. The van der Waals surface area contributed by atoms with Crippen LogP contribution in [0, 0.1) is 0 Å². The van der Waals surface area contributed by atoms with Crippen LogP contribution >= 0.6 is 11.8 Å². The van der Waals surface area contributed by atoms with Crippen molar-refractivity contribution < 1.29 is 23.5 Å². The summed E-state index contributed by atoms with van der Waals surface area (Å²) >= 11 is 1.18. The fourth-order valence-electron chi connectivity index (χ4n) is 4.25. The van der Waals surface area contributed by atoms with Crippen molar-refractivity contribution in [3.8, 4) is 5.75 Å². The van der Waals surface area contributed by atoms with E-state index in [9.17, 15) is 14.4 Å². The number of methoxy groups -OCH3 is 1. The lowest BCUT2D eigenvalue weighted by Crippen LogP contribution is -2.31. The molecule has 0 unspecified atom stereocenters. The number of imide groups is 1. The number of ether oxygens (including phenoxy) is 1. The number of carbonyl (C=O) groups is 3. The molecule has 4 aromatic rings. The zero-order chi connectivity index (χ0) is 29.6. The van der Waals surface area contributed by atoms with Gasteiger partial charge in [0, 0.05) is 22.0 Å². The Morgan fingerprint density at radius 1 is 0.857 bits per heavy atom. The Morgan fingerprint density at radius 3 is 2.05 bits per heavy atom. The van der Waals surface area contributed by atoms with Crippen molar-refractivity contribution in [2.45, 2.75) is 31.2 Å². The molecular formula is C32H30N4O5S. The number of furan rings is 1. The number of amides is 4. The number of hydrogen-bond acceptors (Lipinski definition) is 7. The molecule has 2 heterocycles. The summed E-state index contributed by atoms with van der Waals surface area (Å²) in [6.45, 7) is 4.25. The Labute approximate surface area is 247 Å². The lowest BCUT2D eigenvalue weighted by atomic mass is 10.0. The molecule has 9 nitrogen and oxygen atoms in total. The standard InChI is InChI=1S/C32H30N4O5S/c1-20(2)21-6-8-22(9-7-21)33-28-29(31(38)36(30(28)37)19-26-5-4-18-41-26)42-27-16-12-24(13-17-27)35-32(39)34-23-10-14-25(40-3)15-11-23/h4-18,20,33H,19H2,1-3H3,(H2,34,35,39). The number of rotatable bonds is 10. The Balaban J connectivity index is 1.31. The van der Waals surface area contributed by atoms with E-state index in [1.807, 2.05) is 24.3 Å². The Morgan fingerprint density at radius 2 is 1.48 bits per heavy atom. The van der Waals surface area contributed by atoms with Crippen molar-refractivity contribution in [2.24, 2.45) is 0 Å². The molecule has 214 valence electrons. The van der Waals surface area contributed by atoms with Crippen molar-refractivity contribution in [3.05, 3.63) is 113 Å². The van der Waals surface area contributed by atoms with E-state index in [1.165, 1.54) is 28.5 Å². The molecule has 0 saturated carbocycles. The average Bonchev–Trinajstić information content (AvgIpc) is 3.58. The molecule has 10 heteroatoms. The first-order valence-corrected chi connectivity index (χ1v) is 14.1. The Hall–Kier alpha value is -4.96. The normalized spacial score (nSPS) is 13.1. The lowest BCUT2D eigenvalue weighted by molar-refractivity contribution is -0.138. The van der Waals surface area contributed by atoms with Crippen molar-refractivity contribution in [1.82, 2.24) is 4.90 Å². The summed E-state index contributed by atoms with van der Waals surface area (Å²) in [4.78, 5) is 41.6. The zero-order valence-corrected chi connectivity index (χ0v) is 24.2. The van der Waals surface area contributed by atoms with E-state index in [-0.39, 0.29) is 17.1 Å². The minimum Gasteiger partial charge on any atom is -0.497 e. The monoisotopic (exact) mass is 582 g/mol. The van der Waals surface area contributed by atoms with Crippen molar-refractivity contribution >= 4 is 46.7 Å². The second-order valence-electron chi connectivity index (χ2n) is 9.82. The van der Waals surface area contributed by atoms with Gasteiger partial charge < -0.3 is 25.1 Å². The van der Waals surface area contributed by atoms with Crippen LogP contribution < -0.4 is 20.7 Å². The summed E-state index contributed by atoms with van der Waals surface area (Å²) in [5, 5.41) is 8.73. The summed E-state index contributed by atoms with van der Waals surface area (Å²) in [7, 11) is 1.58. The van der Waals surface area contributed by atoms with Crippen molar-refractivity contribution in [3.63, 3.8) is 0 Å². The van der Waals surface area contributed by atoms with Gasteiger partial charge in [0.1, 0.15) is 22.1 Å². The predicted molar refractivity (Wildman–Crippen MR) is 163 cm³/mol. The number of carbonyl (C=O) groups excluding carboxylic acids is 3. The van der Waals surface area contributed by atoms with Gasteiger partial charge in [0.25, 0.3) is 11.8 Å². The molecule has 3 aromatic carbocycles. The van der Waals surface area contributed by atoms with Gasteiger partial charge in [0.05, 0.1) is 19.9 Å². The van der Waals surface area contributed by atoms with Gasteiger partial charge in [-0.05, 0) is 84.3 Å². The molecular weight excluding hydrogens is 552 g/mol. The molecule has 1 aliphatic rings. The van der Waals surface area contributed by atoms with Gasteiger partial charge in [-0.3, -0.25) is 14.5 Å². The van der Waals surface area contributed by atoms with Gasteiger partial charge in [0.2, 0.25) is 0 Å². The summed E-state index contributed by atoms with van der Waals surface area (Å²) in [6.07, 6.45) is 1.51. The number of thioether (sulfide) groups is 1. The van der Waals surface area contributed by atoms with Crippen LogP contribution in [0.1, 0.15) is 31.1 Å². The highest BCUT2D eigenvalue weighted by molar-refractivity contribution is 8.04. The van der Waals surface area contributed by atoms with E-state index in [0.29, 0.717) is 34.5 Å². The molecule has 0 spiro atoms. The SMILES string of the molecule is COc1ccc(NC(=O)Nc2ccc(SC3=C(Nc4ccc(C(C)C)cc4)C(=O)N(Cc4ccco4)C3=O)cc2)cc1. The molecule has 4 amide bonds. The molecule has 0 fully saturated rings. The molecule has 0 radical (unpaired) electrons. The summed E-state index contributed by atoms with van der Waals surface area (Å²) in [6, 6.07) is 24.8. The quantitative estimate of drug-likeness (QED) is 0.172. The first-order valence-electron chi connectivity index (χ1n) is 13.3. The van der Waals surface area contributed by atoms with Crippen molar-refractivity contribution in [2.75, 3.05) is 23.1 Å². The maximum Gasteiger partial charge on any atom is 0.323 e. The van der Waals surface area contributed by atoms with Gasteiger partial charge >= 0.3 is 6.03 Å². The highest BCUT2D eigenvalue weighted by Gasteiger charge is 2.39. The number of benzene rings is 3. The first kappa shape index (κ1) is 28.6. The van der Waals surface area contributed by atoms with Gasteiger partial charge in [-0.25, -0.2) is 4.79 Å². The van der Waals surface area contributed by atoms with Crippen LogP contribution in [0.5, 0.6) is 5.75 Å². The van der Waals surface area contributed by atoms with E-state index >= 15 is 0 Å². The second-order valence-corrected chi connectivity index (χ2v) is 10.9. The lowest BCUT2D eigenvalue weighted by Gasteiger charge is -2.14. The largest absolute Gasteiger partial charge is 0.497 e. The van der Waals surface area contributed by atoms with E-state index < -0.39 is 17.8 Å². The number of nitrogens with one attached hydrogen (secondary N) is 3. The number of nitrogens with zero attached hydrogens (tertiary/aromatic N) is 1. The molecule has 0 atom stereocenters. The molecule has 0 saturated heterocycles. The van der Waals surface area contributed by atoms with Gasteiger partial charge in [-0.1, -0.05) is 37.7 Å². The number of urea groups is 1. The van der Waals surface area contributed by atoms with E-state index in [4.69, 9.17) is 9.15 Å². The van der Waals surface area contributed by atoms with Crippen LogP contribution in [0.3, 0.4) is 0 Å². The molecule has 1 aromatic heterocycles. The topological polar surface area (TPSA) is 113 Å². The van der Waals surface area contributed by atoms with E-state index in [1.54, 1.807) is 67.8 Å². The van der Waals surface area contributed by atoms with Crippen molar-refractivity contribution in [1.29, 1.82) is 0 Å². The third-order valence-electron chi connectivity index (χ3n) is 6.55. The molecule has 1 aliphatic heterocycles. The Kier molecular flexibility index (Phi) is 8.63. The average molecular weight is 583 g/mol. The van der Waals surface area contributed by atoms with Gasteiger partial charge in [0.15, 0.2) is 0 Å². The maximum atomic E-state index is 13.5. The predicted octanol–water partition coefficient (Wildman–Crippen LogP) is 7.04. The minimum atomic E-state index is -0.430. The summed E-state index contributed by atoms with van der Waals surface area (Å²) < 4.78 is 10.5. The van der Waals surface area contributed by atoms with Gasteiger partial charge in [-0.2, -0.15) is 0 Å². The van der Waals surface area contributed by atoms with E-state index in [2.05, 4.69) is 29.8 Å². The van der Waals surface area contributed by atoms with Crippen LogP contribution in [0.2, 0.25) is 0 Å². The van der Waals surface area contributed by atoms with Gasteiger partial charge in [-0.15, -0.1) is 0 Å². The molecule has 0 bridgehead atoms. The zero-order valence-electron chi connectivity index (χ0n) is 23.3. The van der Waals surface area contributed by atoms with Crippen LogP contribution in [0.25, 0.3) is 0 Å². The highest BCUT2D eigenvalue weighted by Crippen LogP contribution is 2.37. The fourth-order valence-corrected chi connectivity index (χ4v) is 5.19. The van der Waals surface area contributed by atoms with Crippen LogP contribution in [0.4, 0.5) is 21.9 Å². The third-order valence-corrected chi connectivity index (χ3v) is 7.64. The summed E-state index contributed by atoms with van der Waals surface area (Å²) in [5.74, 6) is 0.725.